The molecule has 0 radical (unpaired) electrons. The third-order valence-corrected chi connectivity index (χ3v) is 11.7. The van der Waals surface area contributed by atoms with Gasteiger partial charge in [0.1, 0.15) is 116 Å². The minimum Gasteiger partial charge on any atom is -0.394 e. The van der Waals surface area contributed by atoms with Crippen LogP contribution in [0.4, 0.5) is 0 Å². The summed E-state index contributed by atoms with van der Waals surface area (Å²) in [5, 5.41) is 144. The highest BCUT2D eigenvalue weighted by molar-refractivity contribution is 7.80. The highest BCUT2D eigenvalue weighted by Gasteiger charge is 2.57. The molecule has 0 saturated carbocycles. The summed E-state index contributed by atoms with van der Waals surface area (Å²) in [5.41, 5.74) is 0. The quantitative estimate of drug-likeness (QED) is 0.0639. The average Bonchev–Trinajstić information content (AvgIpc) is 3.23. The molecule has 0 bridgehead atoms. The molecule has 30 nitrogen and oxygen atoms in total. The zero-order valence-electron chi connectivity index (χ0n) is 34.6. The maximum absolute atomic E-state index is 12.4. The van der Waals surface area contributed by atoms with Crippen LogP contribution in [0.25, 0.3) is 0 Å². The maximum Gasteiger partial charge on any atom is 0.397 e. The molecule has 1 unspecified atom stereocenters. The van der Waals surface area contributed by atoms with Crippen molar-refractivity contribution in [1.82, 2.24) is 10.6 Å². The molecule has 0 aromatic carbocycles. The van der Waals surface area contributed by atoms with E-state index in [1.54, 1.807) is 0 Å². The molecule has 25 atom stereocenters. The highest BCUT2D eigenvalue weighted by atomic mass is 32.3. The Morgan fingerprint density at radius 3 is 1.55 bits per heavy atom. The monoisotopic (exact) mass is 974 g/mol. The summed E-state index contributed by atoms with van der Waals surface area (Å²) in [6.07, 6.45) is -43.7. The van der Waals surface area contributed by atoms with Crippen LogP contribution in [0.3, 0.4) is 0 Å². The van der Waals surface area contributed by atoms with Gasteiger partial charge in [-0.3, -0.25) is 14.1 Å². The van der Waals surface area contributed by atoms with E-state index in [1.807, 2.05) is 0 Å². The number of nitrogens with one attached hydrogen (secondary N) is 2. The van der Waals surface area contributed by atoms with Crippen molar-refractivity contribution in [3.63, 3.8) is 0 Å². The van der Waals surface area contributed by atoms with E-state index >= 15 is 0 Å². The van der Waals surface area contributed by atoms with Crippen LogP contribution in [-0.2, 0) is 66.8 Å². The van der Waals surface area contributed by atoms with Crippen molar-refractivity contribution in [2.45, 2.75) is 174 Å². The van der Waals surface area contributed by atoms with Crippen LogP contribution < -0.4 is 10.6 Å². The molecule has 0 aromatic heterocycles. The Morgan fingerprint density at radius 2 is 0.969 bits per heavy atom. The number of aliphatic hydroxyl groups is 13. The van der Waals surface area contributed by atoms with Gasteiger partial charge in [-0.25, -0.2) is 4.18 Å². The Labute approximate surface area is 368 Å². The van der Waals surface area contributed by atoms with E-state index in [0.717, 1.165) is 13.8 Å². The van der Waals surface area contributed by atoms with Crippen molar-refractivity contribution in [2.24, 2.45) is 0 Å². The number of rotatable bonds is 16. The standard InChI is InChI=1S/C34H58N2O28S/c1-8-17(41)23(47)25(49)32(57-8)64-29-28(63-33-26(50)24(48)18(42)11(4-37)59-33)20(44)12(5-38)60-34(29)62-27-16(36-10(3)40)30(51)58-13(21(27)45)6-55-31-15(35-9(2)39)22(46)19(43)14(61-31)7-56-65(52,53)54/h8,11-34,37-38,41-51H,4-7H2,1-3H3,(H,35,39)(H,36,40)(H,52,53,54)/t8-,11+,12+,13+,14+,15+,16+,17+,18-,19+,20-,21-,22+,23+,24-,25-,26+,27+,28-,29+,30?,31+,32-,33-,34-/m0/s1. The van der Waals surface area contributed by atoms with E-state index < -0.39 is 202 Å². The smallest absolute Gasteiger partial charge is 0.394 e. The van der Waals surface area contributed by atoms with Gasteiger partial charge >= 0.3 is 10.4 Å². The number of carbonyl (C=O) groups excluding carboxylic acids is 2. The number of hydrogen-bond donors (Lipinski definition) is 16. The molecule has 65 heavy (non-hydrogen) atoms. The lowest BCUT2D eigenvalue weighted by molar-refractivity contribution is -0.401. The van der Waals surface area contributed by atoms with E-state index in [1.165, 1.54) is 6.92 Å². The lowest BCUT2D eigenvalue weighted by Gasteiger charge is -2.51. The zero-order chi connectivity index (χ0) is 48.4. The fourth-order valence-electron chi connectivity index (χ4n) is 7.79. The minimum atomic E-state index is -5.09. The van der Waals surface area contributed by atoms with Crippen LogP contribution in [0.1, 0.15) is 20.8 Å². The Bertz CT molecular complexity index is 1670. The summed E-state index contributed by atoms with van der Waals surface area (Å²) in [5.74, 6) is -1.62. The highest BCUT2D eigenvalue weighted by Crippen LogP contribution is 2.36. The topological polar surface area (TPSA) is 468 Å². The van der Waals surface area contributed by atoms with Gasteiger partial charge in [-0.1, -0.05) is 0 Å². The van der Waals surface area contributed by atoms with Crippen molar-refractivity contribution in [3.05, 3.63) is 0 Å². The normalized spacial score (nSPS) is 47.5. The second-order valence-corrected chi connectivity index (χ2v) is 17.1. The average molecular weight is 975 g/mol. The summed E-state index contributed by atoms with van der Waals surface area (Å²) in [4.78, 5) is 24.5. The van der Waals surface area contributed by atoms with Gasteiger partial charge in [0, 0.05) is 13.8 Å². The molecule has 0 aliphatic carbocycles. The minimum absolute atomic E-state index is 0.780. The molecule has 5 saturated heterocycles. The first-order chi connectivity index (χ1) is 30.4. The second-order valence-electron chi connectivity index (χ2n) is 16.0. The Hall–Kier alpha value is -2.07. The second kappa shape index (κ2) is 22.6. The maximum atomic E-state index is 12.4. The van der Waals surface area contributed by atoms with Crippen LogP contribution >= 0.6 is 0 Å². The molecule has 378 valence electrons. The van der Waals surface area contributed by atoms with Gasteiger partial charge in [-0.2, -0.15) is 8.42 Å². The summed E-state index contributed by atoms with van der Waals surface area (Å²) in [7, 11) is -5.09. The summed E-state index contributed by atoms with van der Waals surface area (Å²) in [6, 6.07) is -3.36. The third-order valence-electron chi connectivity index (χ3n) is 11.3. The number of hydrogen-bond acceptors (Lipinski definition) is 27. The van der Waals surface area contributed by atoms with Gasteiger partial charge in [0.2, 0.25) is 11.8 Å². The van der Waals surface area contributed by atoms with Crippen LogP contribution in [0.5, 0.6) is 0 Å². The molecule has 2 amide bonds. The zero-order valence-corrected chi connectivity index (χ0v) is 35.5. The first kappa shape index (κ1) is 53.9. The number of amides is 2. The first-order valence-electron chi connectivity index (χ1n) is 20.1. The van der Waals surface area contributed by atoms with E-state index in [9.17, 15) is 84.4 Å². The molecule has 5 rings (SSSR count). The van der Waals surface area contributed by atoms with Gasteiger partial charge in [0.25, 0.3) is 0 Å². The van der Waals surface area contributed by atoms with Gasteiger partial charge in [0.05, 0.1) is 32.5 Å². The Kier molecular flexibility index (Phi) is 18.7. The van der Waals surface area contributed by atoms with Crippen molar-refractivity contribution in [2.75, 3.05) is 26.4 Å². The van der Waals surface area contributed by atoms with E-state index in [0.29, 0.717) is 0 Å². The lowest BCUT2D eigenvalue weighted by Crippen LogP contribution is -2.70. The van der Waals surface area contributed by atoms with Crippen LogP contribution in [-0.4, -0.2) is 271 Å². The predicted molar refractivity (Wildman–Crippen MR) is 199 cm³/mol. The molecule has 5 aliphatic rings. The van der Waals surface area contributed by atoms with Crippen molar-refractivity contribution >= 4 is 22.2 Å². The molecular formula is C34H58N2O28S. The van der Waals surface area contributed by atoms with Crippen LogP contribution in [0.2, 0.25) is 0 Å². The number of carbonyl (C=O) groups is 2. The third kappa shape index (κ3) is 12.6. The van der Waals surface area contributed by atoms with Crippen molar-refractivity contribution < 1.29 is 136 Å². The molecule has 0 aromatic rings. The van der Waals surface area contributed by atoms with E-state index in [4.69, 9.17) is 47.2 Å². The molecular weight excluding hydrogens is 916 g/mol. The number of ether oxygens (including phenoxy) is 9. The molecule has 16 N–H and O–H groups in total. The van der Waals surface area contributed by atoms with Crippen molar-refractivity contribution in [3.8, 4) is 0 Å². The van der Waals surface area contributed by atoms with E-state index in [-0.39, 0.29) is 0 Å². The van der Waals surface area contributed by atoms with E-state index in [2.05, 4.69) is 14.8 Å². The predicted octanol–water partition coefficient (Wildman–Crippen LogP) is -10.8. The van der Waals surface area contributed by atoms with Crippen molar-refractivity contribution in [1.29, 1.82) is 0 Å². The van der Waals surface area contributed by atoms with Crippen LogP contribution in [0.15, 0.2) is 0 Å². The molecule has 31 heteroatoms. The van der Waals surface area contributed by atoms with Gasteiger partial charge in [0.15, 0.2) is 31.5 Å². The fraction of sp³-hybridized carbons (Fsp3) is 0.941. The molecule has 5 fully saturated rings. The lowest BCUT2D eigenvalue weighted by atomic mass is 9.94. The van der Waals surface area contributed by atoms with Crippen LogP contribution in [0, 0.1) is 0 Å². The van der Waals surface area contributed by atoms with Gasteiger partial charge < -0.3 is 120 Å². The molecule has 5 aliphatic heterocycles. The van der Waals surface area contributed by atoms with Gasteiger partial charge in [-0.05, 0) is 6.92 Å². The SMILES string of the molecule is CC(=O)N[C@H]1[C@H](OC[C@H]2OC(O)[C@H](NC(C)=O)[C@@H](O[C@@H]3O[C@H](CO)[C@H](O)[C@H](O[C@@H]4O[C@H](CO)[C@H](O)[C@H](O)[C@H]4O)[C@H]3O[C@@H]3O[C@@H](C)[C@@H](O)[C@@H](O)[C@@H]3O)[C@H]2O)O[C@H](COS(=O)(=O)O)[C@@H](O)[C@@H]1O. The Balaban J connectivity index is 1.48. The molecule has 5 heterocycles. The summed E-state index contributed by atoms with van der Waals surface area (Å²) < 4.78 is 87.4. The summed E-state index contributed by atoms with van der Waals surface area (Å²) >= 11 is 0. The largest absolute Gasteiger partial charge is 0.397 e. The summed E-state index contributed by atoms with van der Waals surface area (Å²) in [6.45, 7) is -0.599. The first-order valence-corrected chi connectivity index (χ1v) is 21.5. The molecule has 0 spiro atoms. The van der Waals surface area contributed by atoms with Gasteiger partial charge in [-0.15, -0.1) is 0 Å². The Morgan fingerprint density at radius 1 is 0.508 bits per heavy atom. The number of aliphatic hydroxyl groups excluding tert-OH is 13. The fourth-order valence-corrected chi connectivity index (χ4v) is 8.09.